The standard InChI is InChI=1S/C8H11F2NOP2/c1-5(3-11-12)8(10)7(9)2-6(14)4-13/h2,4H,3,13-14H2,1H3/b6-4-,7-2+,8-5-. The van der Waals surface area contributed by atoms with E-state index in [0.29, 0.717) is 5.31 Å². The molecule has 0 radical (unpaired) electrons. The largest absolute Gasteiger partial charge is 0.204 e. The average molecular weight is 237 g/mol. The van der Waals surface area contributed by atoms with E-state index < -0.39 is 11.7 Å². The van der Waals surface area contributed by atoms with E-state index in [-0.39, 0.29) is 12.1 Å². The Labute approximate surface area is 85.9 Å². The normalized spacial score (nSPS) is 15.2. The van der Waals surface area contributed by atoms with E-state index in [4.69, 9.17) is 0 Å². The quantitative estimate of drug-likeness (QED) is 0.418. The molecule has 0 aromatic rings. The number of rotatable bonds is 4. The lowest BCUT2D eigenvalue weighted by molar-refractivity contribution is 0.536. The van der Waals surface area contributed by atoms with Gasteiger partial charge in [0.1, 0.15) is 6.54 Å². The molecule has 0 heterocycles. The van der Waals surface area contributed by atoms with Crippen LogP contribution in [0.5, 0.6) is 0 Å². The zero-order chi connectivity index (χ0) is 11.1. The van der Waals surface area contributed by atoms with Gasteiger partial charge in [0.05, 0.1) is 0 Å². The molecule has 2 atom stereocenters. The highest BCUT2D eigenvalue weighted by Gasteiger charge is 2.07. The number of allylic oxidation sites excluding steroid dienone is 4. The molecule has 6 heteroatoms. The molecule has 2 unspecified atom stereocenters. The molecule has 0 amide bonds. The smallest absolute Gasteiger partial charge is 0.159 e. The summed E-state index contributed by atoms with van der Waals surface area (Å²) in [6, 6.07) is 0. The zero-order valence-electron chi connectivity index (χ0n) is 7.63. The van der Waals surface area contributed by atoms with Gasteiger partial charge in [-0.2, -0.15) is 4.91 Å². The highest BCUT2D eigenvalue weighted by molar-refractivity contribution is 7.27. The third-order valence-corrected chi connectivity index (χ3v) is 2.50. The minimum atomic E-state index is -1.03. The van der Waals surface area contributed by atoms with E-state index in [9.17, 15) is 13.7 Å². The summed E-state index contributed by atoms with van der Waals surface area (Å²) in [5, 5.41) is 2.97. The van der Waals surface area contributed by atoms with Crippen LogP contribution < -0.4 is 0 Å². The second-order valence-electron chi connectivity index (χ2n) is 2.54. The van der Waals surface area contributed by atoms with Crippen molar-refractivity contribution in [2.24, 2.45) is 5.18 Å². The molecule has 2 nitrogen and oxygen atoms in total. The van der Waals surface area contributed by atoms with Crippen molar-refractivity contribution in [3.05, 3.63) is 39.3 Å². The van der Waals surface area contributed by atoms with Gasteiger partial charge in [0, 0.05) is 0 Å². The summed E-state index contributed by atoms with van der Waals surface area (Å²) in [6.07, 6.45) is 1.02. The Bertz CT molecular complexity index is 310. The third-order valence-electron chi connectivity index (χ3n) is 1.37. The van der Waals surface area contributed by atoms with E-state index in [1.807, 2.05) is 0 Å². The van der Waals surface area contributed by atoms with E-state index in [1.54, 1.807) is 0 Å². The summed E-state index contributed by atoms with van der Waals surface area (Å²) in [4.78, 5) is 9.81. The predicted molar refractivity (Wildman–Crippen MR) is 61.2 cm³/mol. The van der Waals surface area contributed by atoms with Crippen LogP contribution in [0.3, 0.4) is 0 Å². The fourth-order valence-corrected chi connectivity index (χ4v) is 0.870. The van der Waals surface area contributed by atoms with Crippen molar-refractivity contribution >= 4 is 18.5 Å². The molecule has 0 saturated carbocycles. The second-order valence-corrected chi connectivity index (χ2v) is 3.54. The van der Waals surface area contributed by atoms with Gasteiger partial charge in [0.15, 0.2) is 11.7 Å². The van der Waals surface area contributed by atoms with Crippen molar-refractivity contribution in [2.45, 2.75) is 6.92 Å². The molecule has 0 aliphatic heterocycles. The van der Waals surface area contributed by atoms with Gasteiger partial charge in [-0.05, 0) is 23.9 Å². The van der Waals surface area contributed by atoms with Crippen LogP contribution in [-0.4, -0.2) is 6.54 Å². The Morgan fingerprint density at radius 2 is 2.07 bits per heavy atom. The molecule has 0 fully saturated rings. The Morgan fingerprint density at radius 3 is 2.50 bits per heavy atom. The van der Waals surface area contributed by atoms with Gasteiger partial charge in [0.2, 0.25) is 0 Å². The molecule has 0 N–H and O–H groups in total. The van der Waals surface area contributed by atoms with Crippen LogP contribution in [0.2, 0.25) is 0 Å². The molecule has 0 aromatic heterocycles. The first-order chi connectivity index (χ1) is 6.52. The Morgan fingerprint density at radius 1 is 1.50 bits per heavy atom. The first-order valence-electron chi connectivity index (χ1n) is 3.72. The Balaban J connectivity index is 4.85. The molecule has 0 bridgehead atoms. The SMILES string of the molecule is C\C(CN=O)=C(F)/C(F)=C\C(P)=C\P. The molecule has 0 spiro atoms. The molecular formula is C8H11F2NOP2. The number of hydrogen-bond acceptors (Lipinski definition) is 2. The van der Waals surface area contributed by atoms with Gasteiger partial charge >= 0.3 is 0 Å². The summed E-state index contributed by atoms with van der Waals surface area (Å²) < 4.78 is 26.1. The lowest BCUT2D eigenvalue weighted by Crippen LogP contribution is -1.88. The van der Waals surface area contributed by atoms with Crippen LogP contribution >= 0.6 is 18.5 Å². The molecule has 0 aliphatic rings. The molecule has 14 heavy (non-hydrogen) atoms. The topological polar surface area (TPSA) is 29.4 Å². The molecule has 0 aliphatic carbocycles. The predicted octanol–water partition coefficient (Wildman–Crippen LogP) is 3.44. The molecular weight excluding hydrogens is 226 g/mol. The van der Waals surface area contributed by atoms with E-state index >= 15 is 0 Å². The summed E-state index contributed by atoms with van der Waals surface area (Å²) in [7, 11) is 4.49. The summed E-state index contributed by atoms with van der Waals surface area (Å²) in [6.45, 7) is 0.973. The van der Waals surface area contributed by atoms with Gasteiger partial charge < -0.3 is 0 Å². The van der Waals surface area contributed by atoms with Crippen molar-refractivity contribution in [1.29, 1.82) is 0 Å². The Kier molecular flexibility index (Phi) is 6.69. The van der Waals surface area contributed by atoms with E-state index in [2.05, 4.69) is 23.7 Å². The zero-order valence-corrected chi connectivity index (χ0v) is 9.94. The molecule has 78 valence electrons. The van der Waals surface area contributed by atoms with Crippen molar-refractivity contribution in [1.82, 2.24) is 0 Å². The number of halogens is 2. The number of hydrogen-bond donors (Lipinski definition) is 0. The van der Waals surface area contributed by atoms with Crippen molar-refractivity contribution < 1.29 is 8.78 Å². The van der Waals surface area contributed by atoms with Crippen LogP contribution in [0.25, 0.3) is 0 Å². The van der Waals surface area contributed by atoms with Crippen molar-refractivity contribution in [2.75, 3.05) is 6.54 Å². The van der Waals surface area contributed by atoms with Gasteiger partial charge in [-0.15, -0.1) is 18.5 Å². The van der Waals surface area contributed by atoms with E-state index in [0.717, 1.165) is 6.08 Å². The lowest BCUT2D eigenvalue weighted by Gasteiger charge is -1.98. The second kappa shape index (κ2) is 6.92. The molecule has 0 rings (SSSR count). The van der Waals surface area contributed by atoms with Gasteiger partial charge in [-0.3, -0.25) is 0 Å². The maximum Gasteiger partial charge on any atom is 0.159 e. The number of nitroso groups, excluding NO2 is 1. The maximum atomic E-state index is 13.1. The van der Waals surface area contributed by atoms with Crippen LogP contribution in [0, 0.1) is 4.91 Å². The molecule has 0 aromatic carbocycles. The minimum absolute atomic E-state index is 0.0182. The fraction of sp³-hybridized carbons (Fsp3) is 0.250. The monoisotopic (exact) mass is 237 g/mol. The molecule has 0 saturated heterocycles. The maximum absolute atomic E-state index is 13.1. The van der Waals surface area contributed by atoms with Crippen LogP contribution in [0.4, 0.5) is 8.78 Å². The van der Waals surface area contributed by atoms with Gasteiger partial charge in [-0.25, -0.2) is 8.78 Å². The first kappa shape index (κ1) is 13.5. The van der Waals surface area contributed by atoms with Gasteiger partial charge in [-0.1, -0.05) is 11.0 Å². The summed E-state index contributed by atoms with van der Waals surface area (Å²) in [5.74, 6) is -0.503. The van der Waals surface area contributed by atoms with Crippen LogP contribution in [0.15, 0.2) is 39.6 Å². The highest BCUT2D eigenvalue weighted by atomic mass is 31.0. The van der Waals surface area contributed by atoms with Crippen molar-refractivity contribution in [3.8, 4) is 0 Å². The highest BCUT2D eigenvalue weighted by Crippen LogP contribution is 2.22. The lowest BCUT2D eigenvalue weighted by atomic mass is 10.2. The fourth-order valence-electron chi connectivity index (χ4n) is 0.628. The average Bonchev–Trinajstić information content (AvgIpc) is 2.16. The minimum Gasteiger partial charge on any atom is -0.204 e. The Hall–Kier alpha value is -0.460. The van der Waals surface area contributed by atoms with Crippen LogP contribution in [0.1, 0.15) is 6.92 Å². The van der Waals surface area contributed by atoms with Crippen LogP contribution in [-0.2, 0) is 0 Å². The van der Waals surface area contributed by atoms with Crippen molar-refractivity contribution in [3.63, 3.8) is 0 Å². The van der Waals surface area contributed by atoms with E-state index in [1.165, 1.54) is 12.7 Å². The first-order valence-corrected chi connectivity index (χ1v) is 4.96. The number of nitrogens with zero attached hydrogens (tertiary/aromatic N) is 1. The summed E-state index contributed by atoms with van der Waals surface area (Å²) >= 11 is 0. The third kappa shape index (κ3) is 4.69. The summed E-state index contributed by atoms with van der Waals surface area (Å²) in [5.41, 5.74) is -0.0182. The van der Waals surface area contributed by atoms with Gasteiger partial charge in [0.25, 0.3) is 0 Å².